The van der Waals surface area contributed by atoms with Crippen LogP contribution in [0.1, 0.15) is 41.5 Å². The third-order valence-electron chi connectivity index (χ3n) is 7.09. The normalized spacial score (nSPS) is 20.3. The van der Waals surface area contributed by atoms with Crippen molar-refractivity contribution >= 4 is 17.7 Å². The third-order valence-corrected chi connectivity index (χ3v) is 7.09. The van der Waals surface area contributed by atoms with Gasteiger partial charge in [-0.2, -0.15) is 0 Å². The average Bonchev–Trinajstić information content (AvgIpc) is 2.96. The van der Waals surface area contributed by atoms with Crippen LogP contribution in [0.5, 0.6) is 5.75 Å². The molecule has 2 N–H and O–H groups in total. The summed E-state index contributed by atoms with van der Waals surface area (Å²) in [6.45, 7) is 3.25. The van der Waals surface area contributed by atoms with Gasteiger partial charge in [0.15, 0.2) is 0 Å². The number of likely N-dealkylation sites (tertiary alicyclic amines) is 1. The zero-order valence-electron chi connectivity index (χ0n) is 21.4. The molecule has 2 aliphatic heterocycles. The molecule has 1 amide bonds. The molecule has 7 nitrogen and oxygen atoms in total. The highest BCUT2D eigenvalue weighted by Crippen LogP contribution is 2.39. The molecule has 1 atom stereocenters. The number of fused-ring (bicyclic) bond motifs is 1. The average molecular weight is 512 g/mol. The number of nitrogens with zero attached hydrogens (tertiary/aromatic N) is 2. The van der Waals surface area contributed by atoms with E-state index in [4.69, 9.17) is 14.8 Å². The van der Waals surface area contributed by atoms with E-state index in [2.05, 4.69) is 40.4 Å². The fourth-order valence-corrected chi connectivity index (χ4v) is 5.23. The van der Waals surface area contributed by atoms with Crippen molar-refractivity contribution in [1.82, 2.24) is 10.4 Å². The highest BCUT2D eigenvalue weighted by Gasteiger charge is 2.43. The SMILES string of the molecule is O=C(/C=C/c1ccc2c(c1)C(=NOCc1ccccc1)CC1(CCCN(CCc3ccccc3)C1)O2)NO. The molecule has 5 rings (SSSR count). The molecule has 196 valence electrons. The first kappa shape index (κ1) is 25.7. The number of hydrogen-bond acceptors (Lipinski definition) is 6. The largest absolute Gasteiger partial charge is 0.485 e. The summed E-state index contributed by atoms with van der Waals surface area (Å²) in [5.41, 5.74) is 6.14. The van der Waals surface area contributed by atoms with Crippen molar-refractivity contribution in [3.8, 4) is 5.75 Å². The standard InChI is InChI=1S/C31H33N3O4/c35-30(32-36)15-13-25-12-14-29-27(20-25)28(33-37-22-26-10-5-2-6-11-26)21-31(38-29)17-7-18-34(23-31)19-16-24-8-3-1-4-9-24/h1-6,8-15,20,36H,7,16-19,21-23H2,(H,32,35)/b15-13+,33-28?. The number of benzene rings is 3. The molecule has 1 unspecified atom stereocenters. The minimum Gasteiger partial charge on any atom is -0.485 e. The summed E-state index contributed by atoms with van der Waals surface area (Å²) in [5.74, 6) is 0.183. The van der Waals surface area contributed by atoms with Gasteiger partial charge in [0.2, 0.25) is 0 Å². The number of nitrogens with one attached hydrogen (secondary N) is 1. The second kappa shape index (κ2) is 12.1. The molecule has 2 aliphatic rings. The van der Waals surface area contributed by atoms with Gasteiger partial charge in [-0.15, -0.1) is 0 Å². The van der Waals surface area contributed by atoms with Gasteiger partial charge in [-0.3, -0.25) is 14.9 Å². The maximum atomic E-state index is 11.5. The number of amides is 1. The van der Waals surface area contributed by atoms with Crippen LogP contribution in [-0.2, 0) is 22.7 Å². The van der Waals surface area contributed by atoms with Gasteiger partial charge in [-0.1, -0.05) is 71.9 Å². The molecule has 7 heteroatoms. The zero-order chi connectivity index (χ0) is 26.2. The summed E-state index contributed by atoms with van der Waals surface area (Å²) in [4.78, 5) is 19.8. The topological polar surface area (TPSA) is 83.4 Å². The third kappa shape index (κ3) is 6.49. The van der Waals surface area contributed by atoms with Crippen molar-refractivity contribution in [3.63, 3.8) is 0 Å². The molecule has 3 aromatic carbocycles. The molecule has 1 fully saturated rings. The lowest BCUT2D eigenvalue weighted by molar-refractivity contribution is -0.124. The lowest BCUT2D eigenvalue weighted by Gasteiger charge is -2.45. The predicted molar refractivity (Wildman–Crippen MR) is 147 cm³/mol. The van der Waals surface area contributed by atoms with E-state index in [9.17, 15) is 4.79 Å². The second-order valence-electron chi connectivity index (χ2n) is 9.94. The lowest BCUT2D eigenvalue weighted by atomic mass is 9.82. The monoisotopic (exact) mass is 511 g/mol. The van der Waals surface area contributed by atoms with E-state index < -0.39 is 5.91 Å². The molecule has 1 spiro atoms. The Morgan fingerprint density at radius 2 is 1.84 bits per heavy atom. The van der Waals surface area contributed by atoms with Gasteiger partial charge in [0.05, 0.1) is 5.71 Å². The number of ether oxygens (including phenoxy) is 1. The number of hydrogen-bond donors (Lipinski definition) is 2. The first-order valence-corrected chi connectivity index (χ1v) is 13.1. The summed E-state index contributed by atoms with van der Waals surface area (Å²) < 4.78 is 6.72. The number of carbonyl (C=O) groups excluding carboxylic acids is 1. The first-order chi connectivity index (χ1) is 18.6. The van der Waals surface area contributed by atoms with Crippen molar-refractivity contribution in [1.29, 1.82) is 0 Å². The van der Waals surface area contributed by atoms with Gasteiger partial charge in [0.25, 0.3) is 5.91 Å². The quantitative estimate of drug-likeness (QED) is 0.253. The first-order valence-electron chi connectivity index (χ1n) is 13.1. The van der Waals surface area contributed by atoms with Gasteiger partial charge in [-0.05, 0) is 60.7 Å². The van der Waals surface area contributed by atoms with Crippen LogP contribution in [0.25, 0.3) is 6.08 Å². The Morgan fingerprint density at radius 3 is 2.61 bits per heavy atom. The van der Waals surface area contributed by atoms with Crippen molar-refractivity contribution in [2.75, 3.05) is 19.6 Å². The predicted octanol–water partition coefficient (Wildman–Crippen LogP) is 4.99. The van der Waals surface area contributed by atoms with E-state index in [-0.39, 0.29) is 5.60 Å². The molecule has 2 heterocycles. The molecule has 38 heavy (non-hydrogen) atoms. The summed E-state index contributed by atoms with van der Waals surface area (Å²) in [7, 11) is 0. The molecule has 0 saturated carbocycles. The zero-order valence-corrected chi connectivity index (χ0v) is 21.4. The van der Waals surface area contributed by atoms with Gasteiger partial charge in [0, 0.05) is 31.1 Å². The van der Waals surface area contributed by atoms with Crippen LogP contribution >= 0.6 is 0 Å². The number of carbonyl (C=O) groups is 1. The van der Waals surface area contributed by atoms with E-state index in [1.54, 1.807) is 11.6 Å². The van der Waals surface area contributed by atoms with Crippen LogP contribution in [-0.4, -0.2) is 47.0 Å². The highest BCUT2D eigenvalue weighted by atomic mass is 16.6. The minimum atomic E-state index is -0.587. The van der Waals surface area contributed by atoms with Crippen LogP contribution < -0.4 is 10.2 Å². The second-order valence-corrected chi connectivity index (χ2v) is 9.94. The number of piperidine rings is 1. The van der Waals surface area contributed by atoms with Gasteiger partial charge >= 0.3 is 0 Å². The molecular formula is C31H33N3O4. The lowest BCUT2D eigenvalue weighted by Crippen LogP contribution is -2.55. The van der Waals surface area contributed by atoms with Gasteiger partial charge in [0.1, 0.15) is 18.0 Å². The molecule has 3 aromatic rings. The van der Waals surface area contributed by atoms with E-state index in [0.29, 0.717) is 13.0 Å². The van der Waals surface area contributed by atoms with Crippen molar-refractivity contribution < 1.29 is 19.6 Å². The fourth-order valence-electron chi connectivity index (χ4n) is 5.23. The Kier molecular flexibility index (Phi) is 8.16. The van der Waals surface area contributed by atoms with Crippen molar-refractivity contribution in [2.24, 2.45) is 5.16 Å². The summed E-state index contributed by atoms with van der Waals surface area (Å²) in [6.07, 6.45) is 6.57. The smallest absolute Gasteiger partial charge is 0.267 e. The highest BCUT2D eigenvalue weighted by molar-refractivity contribution is 6.04. The molecule has 0 aliphatic carbocycles. The van der Waals surface area contributed by atoms with E-state index >= 15 is 0 Å². The number of hydroxylamine groups is 1. The van der Waals surface area contributed by atoms with Crippen LogP contribution in [0, 0.1) is 0 Å². The summed E-state index contributed by atoms with van der Waals surface area (Å²) in [5, 5.41) is 13.4. The Balaban J connectivity index is 1.37. The maximum absolute atomic E-state index is 11.5. The van der Waals surface area contributed by atoms with Crippen LogP contribution in [0.4, 0.5) is 0 Å². The molecule has 1 saturated heterocycles. The minimum absolute atomic E-state index is 0.370. The van der Waals surface area contributed by atoms with E-state index in [1.807, 2.05) is 48.5 Å². The Bertz CT molecular complexity index is 1290. The van der Waals surface area contributed by atoms with Crippen LogP contribution in [0.2, 0.25) is 0 Å². The summed E-state index contributed by atoms with van der Waals surface area (Å²) >= 11 is 0. The van der Waals surface area contributed by atoms with E-state index in [1.165, 1.54) is 11.6 Å². The number of rotatable bonds is 8. The van der Waals surface area contributed by atoms with E-state index in [0.717, 1.165) is 67.0 Å². The molecular weight excluding hydrogens is 478 g/mol. The number of oxime groups is 1. The van der Waals surface area contributed by atoms with Gasteiger partial charge in [-0.25, -0.2) is 5.48 Å². The van der Waals surface area contributed by atoms with Gasteiger partial charge < -0.3 is 9.57 Å². The fraction of sp³-hybridized carbons (Fsp3) is 0.290. The van der Waals surface area contributed by atoms with Crippen molar-refractivity contribution in [3.05, 3.63) is 107 Å². The molecule has 0 bridgehead atoms. The molecule has 0 radical (unpaired) electrons. The summed E-state index contributed by atoms with van der Waals surface area (Å²) in [6, 6.07) is 26.3. The van der Waals surface area contributed by atoms with Crippen LogP contribution in [0.3, 0.4) is 0 Å². The van der Waals surface area contributed by atoms with Crippen molar-refractivity contribution in [2.45, 2.75) is 37.9 Å². The molecule has 0 aromatic heterocycles. The maximum Gasteiger partial charge on any atom is 0.267 e. The van der Waals surface area contributed by atoms with Crippen LogP contribution in [0.15, 0.2) is 90.1 Å². The Labute approximate surface area is 223 Å². The Hall–Kier alpha value is -3.94. The Morgan fingerprint density at radius 1 is 1.08 bits per heavy atom.